The van der Waals surface area contributed by atoms with E-state index in [1.54, 1.807) is 0 Å². The smallest absolute Gasteiger partial charge is 0.287 e. The first-order valence-corrected chi connectivity index (χ1v) is 6.12. The van der Waals surface area contributed by atoms with E-state index in [0.717, 1.165) is 17.1 Å². The molecule has 2 rings (SSSR count). The standard InChI is InChI=1S/C12H14BrNO3/c1-12(2,6-14-11(13)15)8-3-4-9-10(5-8)17-7-16-9/h3-5H,6-7H2,1-2H3,(H,14,15). The van der Waals surface area contributed by atoms with Crippen LogP contribution < -0.4 is 14.8 Å². The van der Waals surface area contributed by atoms with E-state index < -0.39 is 0 Å². The maximum absolute atomic E-state index is 10.9. The van der Waals surface area contributed by atoms with Crippen LogP contribution in [0.25, 0.3) is 0 Å². The Labute approximate surface area is 108 Å². The van der Waals surface area contributed by atoms with Crippen LogP contribution in [0.2, 0.25) is 0 Å². The molecule has 17 heavy (non-hydrogen) atoms. The first kappa shape index (κ1) is 12.2. The SMILES string of the molecule is CC(C)(CNC(=O)Br)c1ccc2c(c1)OCO2. The molecule has 0 aliphatic carbocycles. The Morgan fingerprint density at radius 3 is 2.82 bits per heavy atom. The van der Waals surface area contributed by atoms with E-state index in [0.29, 0.717) is 6.54 Å². The molecule has 92 valence electrons. The van der Waals surface area contributed by atoms with Gasteiger partial charge in [-0.2, -0.15) is 0 Å². The molecule has 4 nitrogen and oxygen atoms in total. The quantitative estimate of drug-likeness (QED) is 0.690. The number of ether oxygens (including phenoxy) is 2. The number of benzene rings is 1. The molecule has 1 aliphatic heterocycles. The van der Waals surface area contributed by atoms with Gasteiger partial charge in [0.05, 0.1) is 0 Å². The number of hydrogen-bond donors (Lipinski definition) is 1. The summed E-state index contributed by atoms with van der Waals surface area (Å²) in [5.41, 5.74) is 0.938. The van der Waals surface area contributed by atoms with Crippen LogP contribution in [-0.4, -0.2) is 18.2 Å². The molecular weight excluding hydrogens is 286 g/mol. The number of fused-ring (bicyclic) bond motifs is 1. The van der Waals surface area contributed by atoms with Gasteiger partial charge in [-0.05, 0) is 17.7 Å². The zero-order chi connectivity index (χ0) is 12.5. The molecule has 1 aliphatic rings. The molecule has 0 saturated carbocycles. The molecule has 1 amide bonds. The molecule has 0 radical (unpaired) electrons. The van der Waals surface area contributed by atoms with Crippen LogP contribution in [-0.2, 0) is 5.41 Å². The summed E-state index contributed by atoms with van der Waals surface area (Å²) in [5, 5.41) is 2.76. The Bertz CT molecular complexity index is 445. The van der Waals surface area contributed by atoms with Gasteiger partial charge in [0.15, 0.2) is 11.5 Å². The van der Waals surface area contributed by atoms with E-state index in [4.69, 9.17) is 9.47 Å². The third kappa shape index (κ3) is 2.72. The molecule has 0 aromatic heterocycles. The summed E-state index contributed by atoms with van der Waals surface area (Å²) in [7, 11) is 0. The van der Waals surface area contributed by atoms with Crippen molar-refractivity contribution < 1.29 is 14.3 Å². The summed E-state index contributed by atoms with van der Waals surface area (Å²) in [6.45, 7) is 4.95. The van der Waals surface area contributed by atoms with Gasteiger partial charge in [0.1, 0.15) is 0 Å². The fourth-order valence-electron chi connectivity index (χ4n) is 1.71. The Kier molecular flexibility index (Phi) is 3.28. The fraction of sp³-hybridized carbons (Fsp3) is 0.417. The van der Waals surface area contributed by atoms with Crippen molar-refractivity contribution >= 4 is 20.7 Å². The molecule has 0 atom stereocenters. The largest absolute Gasteiger partial charge is 0.454 e. The molecule has 0 bridgehead atoms. The van der Waals surface area contributed by atoms with Gasteiger partial charge in [0.25, 0.3) is 4.82 Å². The topological polar surface area (TPSA) is 47.6 Å². The Morgan fingerprint density at radius 2 is 2.12 bits per heavy atom. The number of rotatable bonds is 3. The van der Waals surface area contributed by atoms with Gasteiger partial charge < -0.3 is 14.8 Å². The zero-order valence-electron chi connectivity index (χ0n) is 9.75. The lowest BCUT2D eigenvalue weighted by molar-refractivity contribution is 0.174. The molecule has 1 aromatic carbocycles. The summed E-state index contributed by atoms with van der Waals surface area (Å²) in [5.74, 6) is 1.54. The number of halogens is 1. The minimum atomic E-state index is -0.202. The monoisotopic (exact) mass is 299 g/mol. The van der Waals surface area contributed by atoms with Crippen molar-refractivity contribution in [2.45, 2.75) is 19.3 Å². The summed E-state index contributed by atoms with van der Waals surface area (Å²) in [6.07, 6.45) is 0. The number of carbonyl (C=O) groups is 1. The number of amides is 1. The first-order valence-electron chi connectivity index (χ1n) is 5.32. The lowest BCUT2D eigenvalue weighted by Crippen LogP contribution is -2.34. The highest BCUT2D eigenvalue weighted by molar-refractivity contribution is 9.18. The summed E-state index contributed by atoms with van der Waals surface area (Å²) < 4.78 is 10.6. The van der Waals surface area contributed by atoms with Crippen LogP contribution in [0.3, 0.4) is 0 Å². The fourth-order valence-corrected chi connectivity index (χ4v) is 1.85. The number of carbonyl (C=O) groups excluding carboxylic acids is 1. The maximum atomic E-state index is 10.9. The summed E-state index contributed by atoms with van der Waals surface area (Å²) in [4.78, 5) is 10.7. The van der Waals surface area contributed by atoms with E-state index in [1.807, 2.05) is 18.2 Å². The lowest BCUT2D eigenvalue weighted by Gasteiger charge is -2.25. The Balaban J connectivity index is 2.18. The van der Waals surface area contributed by atoms with E-state index >= 15 is 0 Å². The normalized spacial score (nSPS) is 13.6. The Hall–Kier alpha value is -1.23. The molecule has 0 fully saturated rings. The molecule has 0 saturated heterocycles. The van der Waals surface area contributed by atoms with E-state index in [1.165, 1.54) is 0 Å². The maximum Gasteiger partial charge on any atom is 0.287 e. The predicted octanol–water partition coefficient (Wildman–Crippen LogP) is 2.80. The second kappa shape index (κ2) is 4.56. The lowest BCUT2D eigenvalue weighted by atomic mass is 9.84. The van der Waals surface area contributed by atoms with Gasteiger partial charge in [-0.3, -0.25) is 4.79 Å². The van der Waals surface area contributed by atoms with E-state index in [9.17, 15) is 4.79 Å². The first-order chi connectivity index (χ1) is 7.99. The van der Waals surface area contributed by atoms with Crippen molar-refractivity contribution in [3.63, 3.8) is 0 Å². The van der Waals surface area contributed by atoms with Crippen LogP contribution in [0.15, 0.2) is 18.2 Å². The van der Waals surface area contributed by atoms with Gasteiger partial charge in [0.2, 0.25) is 6.79 Å². The van der Waals surface area contributed by atoms with Crippen molar-refractivity contribution in [2.75, 3.05) is 13.3 Å². The number of nitrogens with one attached hydrogen (secondary N) is 1. The van der Waals surface area contributed by atoms with Crippen LogP contribution in [0.5, 0.6) is 11.5 Å². The van der Waals surface area contributed by atoms with E-state index in [-0.39, 0.29) is 17.0 Å². The highest BCUT2D eigenvalue weighted by Crippen LogP contribution is 2.36. The molecule has 5 heteroatoms. The number of hydrogen-bond acceptors (Lipinski definition) is 3. The highest BCUT2D eigenvalue weighted by atomic mass is 79.9. The highest BCUT2D eigenvalue weighted by Gasteiger charge is 2.24. The molecule has 0 unspecified atom stereocenters. The minimum absolute atomic E-state index is 0.162. The van der Waals surface area contributed by atoms with Crippen molar-refractivity contribution in [1.29, 1.82) is 0 Å². The second-order valence-corrected chi connectivity index (χ2v) is 5.30. The second-order valence-electron chi connectivity index (χ2n) is 4.58. The molecule has 1 aromatic rings. The average molecular weight is 300 g/mol. The predicted molar refractivity (Wildman–Crippen MR) is 67.9 cm³/mol. The van der Waals surface area contributed by atoms with Crippen molar-refractivity contribution in [2.24, 2.45) is 0 Å². The molecule has 0 spiro atoms. The molecular formula is C12H14BrNO3. The van der Waals surface area contributed by atoms with Crippen molar-refractivity contribution in [1.82, 2.24) is 5.32 Å². The Morgan fingerprint density at radius 1 is 1.41 bits per heavy atom. The third-order valence-electron chi connectivity index (χ3n) is 2.82. The van der Waals surface area contributed by atoms with Gasteiger partial charge >= 0.3 is 0 Å². The van der Waals surface area contributed by atoms with Crippen molar-refractivity contribution in [3.8, 4) is 11.5 Å². The third-order valence-corrected chi connectivity index (χ3v) is 3.10. The van der Waals surface area contributed by atoms with E-state index in [2.05, 4.69) is 35.1 Å². The molecule has 1 N–H and O–H groups in total. The van der Waals surface area contributed by atoms with Gasteiger partial charge in [-0.25, -0.2) is 0 Å². The average Bonchev–Trinajstić information content (AvgIpc) is 2.73. The van der Waals surface area contributed by atoms with Crippen LogP contribution in [0, 0.1) is 0 Å². The summed E-state index contributed by atoms with van der Waals surface area (Å²) >= 11 is 2.85. The van der Waals surface area contributed by atoms with Crippen LogP contribution in [0.4, 0.5) is 4.79 Å². The minimum Gasteiger partial charge on any atom is -0.454 e. The summed E-state index contributed by atoms with van der Waals surface area (Å²) in [6, 6.07) is 5.85. The molecule has 1 heterocycles. The van der Waals surface area contributed by atoms with Gasteiger partial charge in [-0.1, -0.05) is 19.9 Å². The van der Waals surface area contributed by atoms with Crippen LogP contribution in [0.1, 0.15) is 19.4 Å². The van der Waals surface area contributed by atoms with Crippen molar-refractivity contribution in [3.05, 3.63) is 23.8 Å². The zero-order valence-corrected chi connectivity index (χ0v) is 11.3. The van der Waals surface area contributed by atoms with Crippen LogP contribution >= 0.6 is 15.9 Å². The van der Waals surface area contributed by atoms with Gasteiger partial charge in [-0.15, -0.1) is 0 Å². The van der Waals surface area contributed by atoms with Gasteiger partial charge in [0, 0.05) is 27.9 Å².